The molecule has 0 amide bonds. The van der Waals surface area contributed by atoms with Crippen LogP contribution in [0, 0.1) is 0 Å². The SMILES string of the molecule is CCOC(O)[C@H](O)[C@@H](O)c1ccccc1. The number of aliphatic hydroxyl groups excluding tert-OH is 3. The highest BCUT2D eigenvalue weighted by molar-refractivity contribution is 5.18. The molecule has 4 nitrogen and oxygen atoms in total. The summed E-state index contributed by atoms with van der Waals surface area (Å²) in [5.41, 5.74) is 0.545. The van der Waals surface area contributed by atoms with Crippen molar-refractivity contribution in [3.05, 3.63) is 35.9 Å². The Morgan fingerprint density at radius 2 is 1.73 bits per heavy atom. The maximum Gasteiger partial charge on any atom is 0.183 e. The van der Waals surface area contributed by atoms with Gasteiger partial charge in [0.1, 0.15) is 12.2 Å². The first kappa shape index (κ1) is 12.1. The Morgan fingerprint density at radius 3 is 2.27 bits per heavy atom. The van der Waals surface area contributed by atoms with Gasteiger partial charge in [0, 0.05) is 6.61 Å². The zero-order valence-electron chi connectivity index (χ0n) is 8.58. The lowest BCUT2D eigenvalue weighted by atomic mass is 10.0. The Labute approximate surface area is 88.8 Å². The largest absolute Gasteiger partial charge is 0.385 e. The second-order valence-corrected chi connectivity index (χ2v) is 3.19. The normalized spacial score (nSPS) is 17.1. The van der Waals surface area contributed by atoms with E-state index in [1.807, 2.05) is 6.07 Å². The van der Waals surface area contributed by atoms with Crippen LogP contribution in [0.1, 0.15) is 18.6 Å². The number of rotatable bonds is 5. The maximum atomic E-state index is 9.70. The molecule has 1 aromatic rings. The lowest BCUT2D eigenvalue weighted by molar-refractivity contribution is -0.187. The van der Waals surface area contributed by atoms with E-state index in [2.05, 4.69) is 0 Å². The number of ether oxygens (including phenoxy) is 1. The second kappa shape index (κ2) is 5.82. The topological polar surface area (TPSA) is 69.9 Å². The van der Waals surface area contributed by atoms with Crippen LogP contribution in [-0.4, -0.2) is 34.3 Å². The predicted molar refractivity (Wildman–Crippen MR) is 55.0 cm³/mol. The van der Waals surface area contributed by atoms with Crippen molar-refractivity contribution in [1.82, 2.24) is 0 Å². The molecule has 0 aliphatic heterocycles. The molecule has 0 heterocycles. The Bertz CT molecular complexity index is 275. The van der Waals surface area contributed by atoms with E-state index < -0.39 is 18.5 Å². The molecule has 3 atom stereocenters. The number of aliphatic hydroxyl groups is 3. The van der Waals surface area contributed by atoms with Gasteiger partial charge in [-0.05, 0) is 12.5 Å². The van der Waals surface area contributed by atoms with Gasteiger partial charge in [0.2, 0.25) is 0 Å². The Balaban J connectivity index is 2.64. The molecule has 3 N–H and O–H groups in total. The molecule has 15 heavy (non-hydrogen) atoms. The van der Waals surface area contributed by atoms with E-state index in [1.165, 1.54) is 0 Å². The number of hydrogen-bond donors (Lipinski definition) is 3. The summed E-state index contributed by atoms with van der Waals surface area (Å²) in [5.74, 6) is 0. The highest BCUT2D eigenvalue weighted by Crippen LogP contribution is 2.18. The van der Waals surface area contributed by atoms with Crippen molar-refractivity contribution in [3.63, 3.8) is 0 Å². The van der Waals surface area contributed by atoms with Crippen LogP contribution in [0.5, 0.6) is 0 Å². The summed E-state index contributed by atoms with van der Waals surface area (Å²) in [6, 6.07) is 8.65. The van der Waals surface area contributed by atoms with Crippen LogP contribution < -0.4 is 0 Å². The van der Waals surface area contributed by atoms with E-state index in [9.17, 15) is 15.3 Å². The highest BCUT2D eigenvalue weighted by atomic mass is 16.6. The first-order valence-electron chi connectivity index (χ1n) is 4.87. The maximum absolute atomic E-state index is 9.70. The van der Waals surface area contributed by atoms with Gasteiger partial charge in [0.15, 0.2) is 6.29 Å². The van der Waals surface area contributed by atoms with E-state index in [4.69, 9.17) is 4.74 Å². The minimum atomic E-state index is -1.37. The first-order valence-corrected chi connectivity index (χ1v) is 4.87. The summed E-state index contributed by atoms with van der Waals surface area (Å²) in [6.07, 6.45) is -3.86. The minimum absolute atomic E-state index is 0.278. The van der Waals surface area contributed by atoms with Crippen LogP contribution >= 0.6 is 0 Å². The standard InChI is InChI=1S/C11H16O4/c1-2-15-11(14)10(13)9(12)8-6-4-3-5-7-8/h3-7,9-14H,2H2,1H3/t9-,10+,11?/m0/s1. The second-order valence-electron chi connectivity index (χ2n) is 3.19. The quantitative estimate of drug-likeness (QED) is 0.619. The summed E-state index contributed by atoms with van der Waals surface area (Å²) < 4.78 is 4.79. The summed E-state index contributed by atoms with van der Waals surface area (Å²) in [7, 11) is 0. The van der Waals surface area contributed by atoms with Crippen molar-refractivity contribution in [2.75, 3.05) is 6.61 Å². The first-order chi connectivity index (χ1) is 7.16. The third-order valence-corrected chi connectivity index (χ3v) is 2.09. The molecular weight excluding hydrogens is 196 g/mol. The zero-order chi connectivity index (χ0) is 11.3. The number of benzene rings is 1. The van der Waals surface area contributed by atoms with Gasteiger partial charge in [0.25, 0.3) is 0 Å². The molecule has 4 heteroatoms. The van der Waals surface area contributed by atoms with Crippen LogP contribution in [0.3, 0.4) is 0 Å². The molecule has 0 aromatic heterocycles. The van der Waals surface area contributed by atoms with Gasteiger partial charge in [-0.2, -0.15) is 0 Å². The molecule has 1 rings (SSSR count). The highest BCUT2D eigenvalue weighted by Gasteiger charge is 2.25. The van der Waals surface area contributed by atoms with E-state index in [0.717, 1.165) is 0 Å². The minimum Gasteiger partial charge on any atom is -0.385 e. The molecular formula is C11H16O4. The summed E-state index contributed by atoms with van der Waals surface area (Å²) in [5, 5.41) is 28.6. The lowest BCUT2D eigenvalue weighted by Gasteiger charge is -2.22. The van der Waals surface area contributed by atoms with Gasteiger partial charge >= 0.3 is 0 Å². The molecule has 0 radical (unpaired) electrons. The van der Waals surface area contributed by atoms with E-state index in [1.54, 1.807) is 31.2 Å². The van der Waals surface area contributed by atoms with Crippen LogP contribution in [0.15, 0.2) is 30.3 Å². The van der Waals surface area contributed by atoms with Gasteiger partial charge in [-0.1, -0.05) is 30.3 Å². The van der Waals surface area contributed by atoms with Crippen LogP contribution in [0.25, 0.3) is 0 Å². The van der Waals surface area contributed by atoms with Gasteiger partial charge in [-0.15, -0.1) is 0 Å². The molecule has 0 aliphatic rings. The van der Waals surface area contributed by atoms with Gasteiger partial charge in [-0.25, -0.2) is 0 Å². The van der Waals surface area contributed by atoms with Crippen molar-refractivity contribution in [2.45, 2.75) is 25.4 Å². The smallest absolute Gasteiger partial charge is 0.183 e. The molecule has 0 saturated carbocycles. The van der Waals surface area contributed by atoms with Crippen molar-refractivity contribution >= 4 is 0 Å². The third-order valence-electron chi connectivity index (χ3n) is 2.09. The fourth-order valence-corrected chi connectivity index (χ4v) is 1.27. The van der Waals surface area contributed by atoms with Crippen LogP contribution in [0.4, 0.5) is 0 Å². The summed E-state index contributed by atoms with van der Waals surface area (Å²) in [4.78, 5) is 0. The molecule has 1 aromatic carbocycles. The Hall–Kier alpha value is -0.940. The van der Waals surface area contributed by atoms with E-state index >= 15 is 0 Å². The third kappa shape index (κ3) is 3.28. The number of hydrogen-bond acceptors (Lipinski definition) is 4. The van der Waals surface area contributed by atoms with E-state index in [-0.39, 0.29) is 6.61 Å². The van der Waals surface area contributed by atoms with Crippen molar-refractivity contribution in [2.24, 2.45) is 0 Å². The fourth-order valence-electron chi connectivity index (χ4n) is 1.27. The average molecular weight is 212 g/mol. The summed E-state index contributed by atoms with van der Waals surface area (Å²) in [6.45, 7) is 1.98. The van der Waals surface area contributed by atoms with Crippen molar-refractivity contribution < 1.29 is 20.1 Å². The zero-order valence-corrected chi connectivity index (χ0v) is 8.58. The van der Waals surface area contributed by atoms with Crippen LogP contribution in [-0.2, 0) is 4.74 Å². The molecule has 0 aliphatic carbocycles. The fraction of sp³-hybridized carbons (Fsp3) is 0.455. The lowest BCUT2D eigenvalue weighted by Crippen LogP contribution is -2.34. The van der Waals surface area contributed by atoms with Gasteiger partial charge < -0.3 is 20.1 Å². The molecule has 84 valence electrons. The molecule has 0 fully saturated rings. The predicted octanol–water partition coefficient (Wildman–Crippen LogP) is 0.436. The molecule has 0 spiro atoms. The molecule has 0 saturated heterocycles. The molecule has 1 unspecified atom stereocenters. The van der Waals surface area contributed by atoms with Gasteiger partial charge in [-0.3, -0.25) is 0 Å². The Kier molecular flexibility index (Phi) is 4.71. The van der Waals surface area contributed by atoms with Crippen molar-refractivity contribution in [3.8, 4) is 0 Å². The van der Waals surface area contributed by atoms with Crippen LogP contribution in [0.2, 0.25) is 0 Å². The monoisotopic (exact) mass is 212 g/mol. The van der Waals surface area contributed by atoms with E-state index in [0.29, 0.717) is 5.56 Å². The van der Waals surface area contributed by atoms with Gasteiger partial charge in [0.05, 0.1) is 0 Å². The molecule has 0 bridgehead atoms. The average Bonchev–Trinajstić information content (AvgIpc) is 2.28. The summed E-state index contributed by atoms with van der Waals surface area (Å²) >= 11 is 0. The van der Waals surface area contributed by atoms with Crippen molar-refractivity contribution in [1.29, 1.82) is 0 Å². The Morgan fingerprint density at radius 1 is 1.13 bits per heavy atom.